The Hall–Kier alpha value is -1.83. The Morgan fingerprint density at radius 2 is 1.77 bits per heavy atom. The first kappa shape index (κ1) is 25.4. The fourth-order valence-corrected chi connectivity index (χ4v) is 4.01. The second-order valence-corrected chi connectivity index (χ2v) is 9.65. The van der Waals surface area contributed by atoms with E-state index in [1.807, 2.05) is 13.8 Å². The number of alkyl halides is 3. The summed E-state index contributed by atoms with van der Waals surface area (Å²) in [7, 11) is 0. The smallest absolute Gasteiger partial charge is 0.368 e. The first-order valence-corrected chi connectivity index (χ1v) is 11.2. The van der Waals surface area contributed by atoms with Gasteiger partial charge in [-0.25, -0.2) is 0 Å². The van der Waals surface area contributed by atoms with Gasteiger partial charge < -0.3 is 15.2 Å². The summed E-state index contributed by atoms with van der Waals surface area (Å²) in [5, 5.41) is 0. The van der Waals surface area contributed by atoms with Gasteiger partial charge in [0.25, 0.3) is 5.56 Å². The molecule has 0 bridgehead atoms. The minimum Gasteiger partial charge on any atom is -0.368 e. The molecule has 31 heavy (non-hydrogen) atoms. The number of amides is 1. The van der Waals surface area contributed by atoms with E-state index < -0.39 is 29.2 Å². The van der Waals surface area contributed by atoms with Crippen molar-refractivity contribution in [3.63, 3.8) is 0 Å². The average molecular weight is 444 g/mol. The third-order valence-electron chi connectivity index (χ3n) is 6.06. The van der Waals surface area contributed by atoms with Gasteiger partial charge in [-0.05, 0) is 36.2 Å². The lowest BCUT2D eigenvalue weighted by molar-refractivity contribution is -0.138. The average Bonchev–Trinajstić information content (AvgIpc) is 2.60. The number of carbonyl (C=O) groups excluding carboxylic acids is 1. The van der Waals surface area contributed by atoms with E-state index in [2.05, 4.69) is 18.7 Å². The van der Waals surface area contributed by atoms with E-state index in [1.54, 1.807) is 0 Å². The van der Waals surface area contributed by atoms with Crippen LogP contribution in [0.15, 0.2) is 17.1 Å². The van der Waals surface area contributed by atoms with Gasteiger partial charge in [0.1, 0.15) is 6.04 Å². The SMILES string of the molecule is CC(C)CC(C(N)=O)n1cc(CCN2CC(C)C2)c(C(F)(F)F)cc1=O.CC1CCC1. The van der Waals surface area contributed by atoms with Crippen LogP contribution in [-0.2, 0) is 17.4 Å². The second kappa shape index (κ2) is 10.7. The largest absolute Gasteiger partial charge is 0.416 e. The van der Waals surface area contributed by atoms with Crippen LogP contribution in [0.4, 0.5) is 13.2 Å². The molecule has 5 nitrogen and oxygen atoms in total. The summed E-state index contributed by atoms with van der Waals surface area (Å²) in [6, 6.07) is -0.364. The maximum atomic E-state index is 13.4. The monoisotopic (exact) mass is 443 g/mol. The Morgan fingerprint density at radius 3 is 2.16 bits per heavy atom. The molecule has 1 aliphatic carbocycles. The Balaban J connectivity index is 0.000000597. The molecule has 1 saturated heterocycles. The van der Waals surface area contributed by atoms with Crippen LogP contribution in [0, 0.1) is 17.8 Å². The number of hydrogen-bond acceptors (Lipinski definition) is 3. The molecule has 8 heteroatoms. The standard InChI is InChI=1S/C18H26F3N3O2.C5H10/c1-11(2)6-15(17(22)26)24-10-13(4-5-23-8-12(3)9-23)14(7-16(24)25)18(19,20)21;1-5-3-2-4-5/h7,10-12,15H,4-6,8-9H2,1-3H3,(H2,22,26);5H,2-4H2,1H3. The van der Waals surface area contributed by atoms with Crippen LogP contribution in [0.1, 0.15) is 70.5 Å². The van der Waals surface area contributed by atoms with Gasteiger partial charge in [0.2, 0.25) is 5.91 Å². The molecule has 2 heterocycles. The summed E-state index contributed by atoms with van der Waals surface area (Å²) in [4.78, 5) is 26.1. The first-order chi connectivity index (χ1) is 14.4. The van der Waals surface area contributed by atoms with Crippen LogP contribution in [-0.4, -0.2) is 35.0 Å². The topological polar surface area (TPSA) is 68.3 Å². The normalized spacial score (nSPS) is 18.7. The molecule has 1 unspecified atom stereocenters. The van der Waals surface area contributed by atoms with Gasteiger partial charge in [0, 0.05) is 31.9 Å². The lowest BCUT2D eigenvalue weighted by Crippen LogP contribution is -2.46. The third-order valence-corrected chi connectivity index (χ3v) is 6.06. The van der Waals surface area contributed by atoms with Crippen LogP contribution in [0.25, 0.3) is 0 Å². The molecule has 0 aromatic carbocycles. The van der Waals surface area contributed by atoms with Crippen molar-refractivity contribution in [1.29, 1.82) is 0 Å². The van der Waals surface area contributed by atoms with Crippen molar-refractivity contribution in [2.45, 2.75) is 72.0 Å². The van der Waals surface area contributed by atoms with E-state index in [9.17, 15) is 22.8 Å². The Morgan fingerprint density at radius 1 is 1.19 bits per heavy atom. The fraction of sp³-hybridized carbons (Fsp3) is 0.739. The van der Waals surface area contributed by atoms with E-state index in [0.717, 1.165) is 23.6 Å². The van der Waals surface area contributed by atoms with E-state index in [1.165, 1.54) is 25.5 Å². The zero-order valence-corrected chi connectivity index (χ0v) is 19.0. The van der Waals surface area contributed by atoms with Crippen LogP contribution >= 0.6 is 0 Å². The molecular weight excluding hydrogens is 407 g/mol. The molecule has 176 valence electrons. The number of primary amides is 1. The van der Waals surface area contributed by atoms with Crippen molar-refractivity contribution in [3.8, 4) is 0 Å². The van der Waals surface area contributed by atoms with Crippen molar-refractivity contribution in [2.75, 3.05) is 19.6 Å². The van der Waals surface area contributed by atoms with Gasteiger partial charge in [0.05, 0.1) is 5.56 Å². The highest BCUT2D eigenvalue weighted by atomic mass is 19.4. The molecular formula is C23H36F3N3O2. The van der Waals surface area contributed by atoms with Gasteiger partial charge >= 0.3 is 6.18 Å². The maximum Gasteiger partial charge on any atom is 0.416 e. The van der Waals surface area contributed by atoms with Crippen LogP contribution in [0.3, 0.4) is 0 Å². The zero-order valence-electron chi connectivity index (χ0n) is 19.0. The quantitative estimate of drug-likeness (QED) is 0.685. The Kier molecular flexibility index (Phi) is 8.74. The molecule has 2 N–H and O–H groups in total. The van der Waals surface area contributed by atoms with Gasteiger partial charge in [-0.2, -0.15) is 13.2 Å². The van der Waals surface area contributed by atoms with Gasteiger partial charge in [-0.15, -0.1) is 0 Å². The molecule has 1 atom stereocenters. The molecule has 1 amide bonds. The number of nitrogens with zero attached hydrogens (tertiary/aromatic N) is 2. The summed E-state index contributed by atoms with van der Waals surface area (Å²) in [5.41, 5.74) is 3.63. The number of nitrogens with two attached hydrogens (primary N) is 1. The number of rotatable bonds is 7. The van der Waals surface area contributed by atoms with Crippen molar-refractivity contribution < 1.29 is 18.0 Å². The minimum absolute atomic E-state index is 0.0201. The van der Waals surface area contributed by atoms with E-state index in [-0.39, 0.29) is 17.9 Å². The summed E-state index contributed by atoms with van der Waals surface area (Å²) in [6.45, 7) is 10.3. The molecule has 0 radical (unpaired) electrons. The second-order valence-electron chi connectivity index (χ2n) is 9.65. The molecule has 1 saturated carbocycles. The van der Waals surface area contributed by atoms with E-state index in [4.69, 9.17) is 5.73 Å². The number of likely N-dealkylation sites (tertiary alicyclic amines) is 1. The van der Waals surface area contributed by atoms with Crippen LogP contribution in [0.5, 0.6) is 0 Å². The van der Waals surface area contributed by atoms with Gasteiger partial charge in [-0.3, -0.25) is 9.59 Å². The number of carbonyl (C=O) groups is 1. The lowest BCUT2D eigenvalue weighted by atomic mass is 9.88. The number of halogens is 3. The minimum atomic E-state index is -4.61. The van der Waals surface area contributed by atoms with Gasteiger partial charge in [0.15, 0.2) is 0 Å². The fourth-order valence-electron chi connectivity index (χ4n) is 4.01. The molecule has 2 aliphatic rings. The maximum absolute atomic E-state index is 13.4. The van der Waals surface area contributed by atoms with Crippen molar-refractivity contribution >= 4 is 5.91 Å². The Labute approximate surface area is 182 Å². The lowest BCUT2D eigenvalue weighted by Gasteiger charge is -2.37. The first-order valence-electron chi connectivity index (χ1n) is 11.2. The summed E-state index contributed by atoms with van der Waals surface area (Å²) < 4.78 is 41.1. The van der Waals surface area contributed by atoms with Crippen molar-refractivity contribution in [2.24, 2.45) is 23.5 Å². The predicted molar refractivity (Wildman–Crippen MR) is 116 cm³/mol. The summed E-state index contributed by atoms with van der Waals surface area (Å²) >= 11 is 0. The van der Waals surface area contributed by atoms with Crippen LogP contribution in [0.2, 0.25) is 0 Å². The zero-order chi connectivity index (χ0) is 23.3. The molecule has 3 rings (SSSR count). The van der Waals surface area contributed by atoms with Crippen LogP contribution < -0.4 is 11.3 Å². The highest BCUT2D eigenvalue weighted by molar-refractivity contribution is 5.78. The van der Waals surface area contributed by atoms with Crippen molar-refractivity contribution in [1.82, 2.24) is 9.47 Å². The van der Waals surface area contributed by atoms with Crippen molar-refractivity contribution in [3.05, 3.63) is 33.7 Å². The highest BCUT2D eigenvalue weighted by Gasteiger charge is 2.35. The number of pyridine rings is 1. The predicted octanol–water partition coefficient (Wildman–Crippen LogP) is 4.24. The number of aromatic nitrogens is 1. The third kappa shape index (κ3) is 7.37. The molecule has 1 aromatic heterocycles. The van der Waals surface area contributed by atoms with E-state index >= 15 is 0 Å². The molecule has 0 spiro atoms. The van der Waals surface area contributed by atoms with Gasteiger partial charge in [-0.1, -0.05) is 47.0 Å². The Bertz CT molecular complexity index is 794. The summed E-state index contributed by atoms with van der Waals surface area (Å²) in [5.74, 6) is 0.960. The number of hydrogen-bond donors (Lipinski definition) is 1. The van der Waals surface area contributed by atoms with E-state index in [0.29, 0.717) is 24.9 Å². The highest BCUT2D eigenvalue weighted by Crippen LogP contribution is 2.32. The molecule has 2 fully saturated rings. The summed E-state index contributed by atoms with van der Waals surface area (Å²) in [6.07, 6.45) is 1.47. The molecule has 1 aromatic rings. The molecule has 1 aliphatic heterocycles.